The highest BCUT2D eigenvalue weighted by Crippen LogP contribution is 2.13. The van der Waals surface area contributed by atoms with Crippen LogP contribution in [0.5, 0.6) is 0 Å². The highest BCUT2D eigenvalue weighted by molar-refractivity contribution is 9.10. The lowest BCUT2D eigenvalue weighted by Gasteiger charge is -1.96. The van der Waals surface area contributed by atoms with Crippen LogP contribution in [-0.4, -0.2) is 23.6 Å². The quantitative estimate of drug-likeness (QED) is 0.547. The molecular weight excluding hydrogens is 400 g/mol. The van der Waals surface area contributed by atoms with Gasteiger partial charge in [0, 0.05) is 19.6 Å². The van der Waals surface area contributed by atoms with Gasteiger partial charge in [0.1, 0.15) is 0 Å². The molecule has 0 aliphatic carbocycles. The van der Waals surface area contributed by atoms with Crippen molar-refractivity contribution in [3.05, 3.63) is 68.6 Å². The predicted octanol–water partition coefficient (Wildman–Crippen LogP) is 4.29. The van der Waals surface area contributed by atoms with E-state index in [0.29, 0.717) is 11.1 Å². The lowest BCUT2D eigenvalue weighted by Crippen LogP contribution is -2.16. The van der Waals surface area contributed by atoms with Crippen molar-refractivity contribution >= 4 is 43.7 Å². The van der Waals surface area contributed by atoms with Crippen LogP contribution in [0.2, 0.25) is 0 Å². The first-order valence-electron chi connectivity index (χ1n) is 6.02. The minimum absolute atomic E-state index is 0.342. The molecule has 0 fully saturated rings. The maximum Gasteiger partial charge on any atom is 0.444 e. The van der Waals surface area contributed by atoms with E-state index in [9.17, 15) is 9.59 Å². The molecule has 0 spiro atoms. The van der Waals surface area contributed by atoms with E-state index in [2.05, 4.69) is 37.0 Å². The van der Waals surface area contributed by atoms with Gasteiger partial charge in [0.2, 0.25) is 0 Å². The third-order valence-corrected chi connectivity index (χ3v) is 3.72. The van der Waals surface area contributed by atoms with Crippen molar-refractivity contribution < 1.29 is 14.3 Å². The van der Waals surface area contributed by atoms with Gasteiger partial charge in [0.25, 0.3) is 0 Å². The maximum atomic E-state index is 12.1. The van der Waals surface area contributed by atoms with Gasteiger partial charge in [-0.2, -0.15) is 0 Å². The van der Waals surface area contributed by atoms with Crippen molar-refractivity contribution in [2.24, 2.45) is 5.11 Å². The Morgan fingerprint density at radius 2 is 1.62 bits per heavy atom. The van der Waals surface area contributed by atoms with Gasteiger partial charge in [0.05, 0.1) is 5.56 Å². The molecule has 0 bridgehead atoms. The number of carbonyl (C=O) groups excluding carboxylic acids is 2. The molecule has 2 aromatic carbocycles. The van der Waals surface area contributed by atoms with E-state index >= 15 is 0 Å². The summed E-state index contributed by atoms with van der Waals surface area (Å²) in [5.41, 5.74) is 0.881. The van der Waals surface area contributed by atoms with Crippen LogP contribution in [0.3, 0.4) is 0 Å². The van der Waals surface area contributed by atoms with Crippen LogP contribution in [0.4, 0.5) is 0 Å². The van der Waals surface area contributed by atoms with Crippen LogP contribution >= 0.6 is 31.9 Å². The number of hydrogen-bond acceptors (Lipinski definition) is 2. The fraction of sp³-hybridized carbons (Fsp3) is 0.0667. The largest absolute Gasteiger partial charge is 0.444 e. The summed E-state index contributed by atoms with van der Waals surface area (Å²) in [6, 6.07) is 13.7. The molecule has 6 heteroatoms. The van der Waals surface area contributed by atoms with Gasteiger partial charge >= 0.3 is 11.8 Å². The number of nitrogens with zero attached hydrogens (tertiary/aromatic N) is 2. The monoisotopic (exact) mass is 409 g/mol. The summed E-state index contributed by atoms with van der Waals surface area (Å²) in [5, 5.41) is 3.80. The SMILES string of the molecule is C[N+](=NC(=O)c1cccc(Br)c1)C(=O)c1ccc(Br)cc1. The summed E-state index contributed by atoms with van der Waals surface area (Å²) in [4.78, 5) is 24.2. The lowest BCUT2D eigenvalue weighted by atomic mass is 10.2. The molecule has 0 radical (unpaired) electrons. The first kappa shape index (κ1) is 15.7. The molecule has 2 amide bonds. The average molecular weight is 411 g/mol. The Labute approximate surface area is 138 Å². The van der Waals surface area contributed by atoms with Crippen molar-refractivity contribution in [1.29, 1.82) is 0 Å². The van der Waals surface area contributed by atoms with Gasteiger partial charge in [-0.25, -0.2) is 4.79 Å². The molecule has 0 saturated heterocycles. The Balaban J connectivity index is 2.22. The summed E-state index contributed by atoms with van der Waals surface area (Å²) >= 11 is 6.59. The number of hydrogen-bond donors (Lipinski definition) is 0. The van der Waals surface area contributed by atoms with Gasteiger partial charge in [-0.15, -0.1) is 0 Å². The fourth-order valence-electron chi connectivity index (χ4n) is 1.64. The van der Waals surface area contributed by atoms with Gasteiger partial charge in [-0.05, 0) is 47.2 Å². The minimum Gasteiger partial charge on any atom is -0.260 e. The molecule has 0 unspecified atom stereocenters. The van der Waals surface area contributed by atoms with Gasteiger partial charge in [0.15, 0.2) is 7.05 Å². The number of halogens is 2. The van der Waals surface area contributed by atoms with Crippen molar-refractivity contribution in [2.45, 2.75) is 0 Å². The van der Waals surface area contributed by atoms with E-state index in [-0.39, 0.29) is 5.91 Å². The molecule has 0 N–H and O–H groups in total. The Morgan fingerprint density at radius 3 is 2.24 bits per heavy atom. The molecule has 106 valence electrons. The summed E-state index contributed by atoms with van der Waals surface area (Å²) in [5.74, 6) is -0.810. The molecule has 2 rings (SSSR count). The van der Waals surface area contributed by atoms with Gasteiger partial charge in [-0.1, -0.05) is 37.9 Å². The van der Waals surface area contributed by atoms with Crippen LogP contribution in [0.25, 0.3) is 0 Å². The smallest absolute Gasteiger partial charge is 0.260 e. The van der Waals surface area contributed by atoms with Crippen molar-refractivity contribution in [3.8, 4) is 0 Å². The van der Waals surface area contributed by atoms with Crippen LogP contribution < -0.4 is 0 Å². The zero-order valence-electron chi connectivity index (χ0n) is 11.1. The summed E-state index contributed by atoms with van der Waals surface area (Å²) in [6.45, 7) is 0. The zero-order chi connectivity index (χ0) is 15.4. The molecule has 0 heterocycles. The van der Waals surface area contributed by atoms with Crippen LogP contribution in [0, 0.1) is 0 Å². The molecule has 4 nitrogen and oxygen atoms in total. The summed E-state index contributed by atoms with van der Waals surface area (Å²) in [6.07, 6.45) is 0. The standard InChI is InChI=1S/C15H11Br2N2O2/c1-19(15(21)10-5-7-12(16)8-6-10)18-14(20)11-3-2-4-13(17)9-11/h2-9H,1H3/q+1. The van der Waals surface area contributed by atoms with E-state index in [4.69, 9.17) is 0 Å². The van der Waals surface area contributed by atoms with E-state index < -0.39 is 5.91 Å². The summed E-state index contributed by atoms with van der Waals surface area (Å²) < 4.78 is 2.71. The topological polar surface area (TPSA) is 49.5 Å². The molecule has 0 saturated carbocycles. The van der Waals surface area contributed by atoms with Crippen LogP contribution in [0.15, 0.2) is 62.6 Å². The second kappa shape index (κ2) is 6.87. The van der Waals surface area contributed by atoms with E-state index in [1.165, 1.54) is 7.05 Å². The Morgan fingerprint density at radius 1 is 0.952 bits per heavy atom. The normalized spacial score (nSPS) is 11.3. The third-order valence-electron chi connectivity index (χ3n) is 2.70. The van der Waals surface area contributed by atoms with Crippen molar-refractivity contribution in [1.82, 2.24) is 0 Å². The number of benzene rings is 2. The third kappa shape index (κ3) is 4.15. The van der Waals surface area contributed by atoms with Gasteiger partial charge < -0.3 is 0 Å². The van der Waals surface area contributed by atoms with E-state index in [1.54, 1.807) is 42.5 Å². The molecule has 0 atom stereocenters. The molecule has 2 aromatic rings. The molecule has 0 aliphatic heterocycles. The molecule has 0 aliphatic rings. The highest BCUT2D eigenvalue weighted by atomic mass is 79.9. The zero-order valence-corrected chi connectivity index (χ0v) is 14.3. The number of rotatable bonds is 2. The first-order chi connectivity index (χ1) is 9.97. The fourth-order valence-corrected chi connectivity index (χ4v) is 2.30. The molecular formula is C15H11Br2N2O2+. The second-order valence-corrected chi connectivity index (χ2v) is 6.08. The second-order valence-electron chi connectivity index (χ2n) is 4.25. The summed E-state index contributed by atoms with van der Waals surface area (Å²) in [7, 11) is 1.46. The average Bonchev–Trinajstić information content (AvgIpc) is 2.47. The van der Waals surface area contributed by atoms with Crippen LogP contribution in [-0.2, 0) is 0 Å². The lowest BCUT2D eigenvalue weighted by molar-refractivity contribution is -0.462. The first-order valence-corrected chi connectivity index (χ1v) is 7.61. The molecule has 0 aromatic heterocycles. The Bertz CT molecular complexity index is 725. The van der Waals surface area contributed by atoms with Crippen molar-refractivity contribution in [3.63, 3.8) is 0 Å². The highest BCUT2D eigenvalue weighted by Gasteiger charge is 2.20. The number of amides is 2. The Kier molecular flexibility index (Phi) is 5.14. The number of carbonyl (C=O) groups is 2. The Hall–Kier alpha value is -1.66. The van der Waals surface area contributed by atoms with E-state index in [1.807, 2.05) is 6.07 Å². The predicted molar refractivity (Wildman–Crippen MR) is 85.6 cm³/mol. The van der Waals surface area contributed by atoms with Crippen LogP contribution in [0.1, 0.15) is 20.7 Å². The minimum atomic E-state index is -0.468. The maximum absolute atomic E-state index is 12.1. The molecule has 21 heavy (non-hydrogen) atoms. The van der Waals surface area contributed by atoms with E-state index in [0.717, 1.165) is 13.6 Å². The van der Waals surface area contributed by atoms with Crippen molar-refractivity contribution in [2.75, 3.05) is 7.05 Å². The van der Waals surface area contributed by atoms with Gasteiger partial charge in [-0.3, -0.25) is 4.79 Å². The number of azo groups is 2.